The van der Waals surface area contributed by atoms with Crippen molar-refractivity contribution in [3.63, 3.8) is 0 Å². The van der Waals surface area contributed by atoms with Gasteiger partial charge in [0.1, 0.15) is 5.25 Å². The summed E-state index contributed by atoms with van der Waals surface area (Å²) in [5, 5.41) is 12.1. The third-order valence-corrected chi connectivity index (χ3v) is 6.69. The Labute approximate surface area is 191 Å². The molecule has 0 unspecified atom stereocenters. The molecule has 2 N–H and O–H groups in total. The van der Waals surface area contributed by atoms with Crippen molar-refractivity contribution in [2.75, 3.05) is 5.43 Å². The molecule has 1 aliphatic heterocycles. The Morgan fingerprint density at radius 2 is 1.66 bits per heavy atom. The number of hydrogen-bond acceptors (Lipinski definition) is 5. The topological polar surface area (TPSA) is 71.8 Å². The van der Waals surface area contributed by atoms with E-state index in [-0.39, 0.29) is 17.2 Å². The maximum absolute atomic E-state index is 13.3. The van der Waals surface area contributed by atoms with Crippen molar-refractivity contribution in [3.05, 3.63) is 102 Å². The summed E-state index contributed by atoms with van der Waals surface area (Å²) in [6, 6.07) is 27.9. The fraction of sp³-hybridized carbons (Fsp3) is 0.160. The lowest BCUT2D eigenvalue weighted by molar-refractivity contribution is -0.121. The molecule has 32 heavy (non-hydrogen) atoms. The van der Waals surface area contributed by atoms with Gasteiger partial charge in [0.2, 0.25) is 11.1 Å². The Hall–Kier alpha value is -3.58. The molecule has 6 nitrogen and oxygen atoms in total. The Morgan fingerprint density at radius 3 is 2.38 bits per heavy atom. The first-order valence-corrected chi connectivity index (χ1v) is 11.4. The summed E-state index contributed by atoms with van der Waals surface area (Å²) in [6.07, 6.45) is 0. The van der Waals surface area contributed by atoms with Gasteiger partial charge in [-0.25, -0.2) is 4.68 Å². The smallest absolute Gasteiger partial charge is 0.236 e. The van der Waals surface area contributed by atoms with Crippen molar-refractivity contribution < 1.29 is 4.79 Å². The molecular formula is C25H23N5OS. The summed E-state index contributed by atoms with van der Waals surface area (Å²) in [7, 11) is 0. The molecule has 0 fully saturated rings. The number of fused-ring (bicyclic) bond motifs is 1. The second-order valence-corrected chi connectivity index (χ2v) is 8.88. The zero-order valence-corrected chi connectivity index (χ0v) is 18.4. The van der Waals surface area contributed by atoms with Crippen molar-refractivity contribution >= 4 is 17.7 Å². The normalized spacial score (nSPS) is 17.3. The second kappa shape index (κ2) is 8.88. The molecule has 0 saturated heterocycles. The minimum Gasteiger partial charge on any atom is -0.351 e. The van der Waals surface area contributed by atoms with Crippen molar-refractivity contribution in [1.29, 1.82) is 0 Å². The van der Waals surface area contributed by atoms with Gasteiger partial charge in [0.05, 0.1) is 6.04 Å². The SMILES string of the molecule is Cc1ccc(CNC(=O)[C@H]2Sc3nnc(-c4ccccc4)n3N[C@H]2c2ccccc2)cc1. The summed E-state index contributed by atoms with van der Waals surface area (Å²) in [4.78, 5) is 13.3. The summed E-state index contributed by atoms with van der Waals surface area (Å²) < 4.78 is 1.89. The number of carbonyl (C=O) groups is 1. The number of aryl methyl sites for hydroxylation is 1. The molecule has 2 atom stereocenters. The van der Waals surface area contributed by atoms with E-state index >= 15 is 0 Å². The molecule has 1 aliphatic rings. The average molecular weight is 442 g/mol. The van der Waals surface area contributed by atoms with Crippen LogP contribution in [0.15, 0.2) is 90.1 Å². The van der Waals surface area contributed by atoms with Crippen LogP contribution < -0.4 is 10.7 Å². The van der Waals surface area contributed by atoms with Gasteiger partial charge < -0.3 is 10.7 Å². The third-order valence-electron chi connectivity index (χ3n) is 5.47. The fourth-order valence-corrected chi connectivity index (χ4v) is 4.84. The van der Waals surface area contributed by atoms with Gasteiger partial charge in [0.15, 0.2) is 5.82 Å². The van der Waals surface area contributed by atoms with Gasteiger partial charge >= 0.3 is 0 Å². The van der Waals surface area contributed by atoms with Gasteiger partial charge in [0, 0.05) is 12.1 Å². The number of rotatable bonds is 5. The number of hydrogen-bond donors (Lipinski definition) is 2. The van der Waals surface area contributed by atoms with Crippen LogP contribution in [0.25, 0.3) is 11.4 Å². The number of thioether (sulfide) groups is 1. The van der Waals surface area contributed by atoms with E-state index in [1.807, 2.05) is 77.5 Å². The van der Waals surface area contributed by atoms with Gasteiger partial charge in [-0.05, 0) is 18.1 Å². The maximum Gasteiger partial charge on any atom is 0.236 e. The lowest BCUT2D eigenvalue weighted by Gasteiger charge is -2.33. The van der Waals surface area contributed by atoms with Crippen LogP contribution >= 0.6 is 11.8 Å². The molecule has 0 aliphatic carbocycles. The number of amides is 1. The van der Waals surface area contributed by atoms with Crippen LogP contribution in [0.4, 0.5) is 0 Å². The van der Waals surface area contributed by atoms with Gasteiger partial charge in [-0.2, -0.15) is 0 Å². The molecule has 4 aromatic rings. The minimum atomic E-state index is -0.386. The molecule has 0 saturated carbocycles. The highest BCUT2D eigenvalue weighted by Crippen LogP contribution is 2.38. The Balaban J connectivity index is 1.43. The third kappa shape index (κ3) is 4.11. The van der Waals surface area contributed by atoms with Crippen molar-refractivity contribution in [2.45, 2.75) is 29.9 Å². The van der Waals surface area contributed by atoms with Crippen molar-refractivity contribution in [2.24, 2.45) is 0 Å². The molecule has 0 radical (unpaired) electrons. The summed E-state index contributed by atoms with van der Waals surface area (Å²) in [6.45, 7) is 2.54. The highest BCUT2D eigenvalue weighted by Gasteiger charge is 2.37. The van der Waals surface area contributed by atoms with E-state index in [0.29, 0.717) is 11.7 Å². The number of benzene rings is 3. The fourth-order valence-electron chi connectivity index (χ4n) is 3.74. The lowest BCUT2D eigenvalue weighted by atomic mass is 10.0. The quantitative estimate of drug-likeness (QED) is 0.482. The summed E-state index contributed by atoms with van der Waals surface area (Å²) in [5.74, 6) is 0.694. The molecule has 3 aromatic carbocycles. The van der Waals surface area contributed by atoms with Gasteiger partial charge in [-0.3, -0.25) is 4.79 Å². The van der Waals surface area contributed by atoms with Crippen LogP contribution in [-0.2, 0) is 11.3 Å². The first-order chi connectivity index (χ1) is 15.7. The highest BCUT2D eigenvalue weighted by molar-refractivity contribution is 8.00. The largest absolute Gasteiger partial charge is 0.351 e. The van der Waals surface area contributed by atoms with E-state index in [4.69, 9.17) is 0 Å². The average Bonchev–Trinajstić information content (AvgIpc) is 3.27. The molecule has 5 rings (SSSR count). The second-order valence-electron chi connectivity index (χ2n) is 7.77. The summed E-state index contributed by atoms with van der Waals surface area (Å²) >= 11 is 1.44. The van der Waals surface area contributed by atoms with Crippen LogP contribution in [0.1, 0.15) is 22.7 Å². The maximum atomic E-state index is 13.3. The minimum absolute atomic E-state index is 0.0348. The van der Waals surface area contributed by atoms with Crippen molar-refractivity contribution in [1.82, 2.24) is 20.2 Å². The Kier molecular flexibility index (Phi) is 5.64. The molecule has 7 heteroatoms. The number of nitrogens with zero attached hydrogens (tertiary/aromatic N) is 3. The molecule has 0 bridgehead atoms. The molecule has 1 amide bonds. The predicted octanol–water partition coefficient (Wildman–Crippen LogP) is 4.33. The van der Waals surface area contributed by atoms with Crippen LogP contribution in [-0.4, -0.2) is 26.0 Å². The highest BCUT2D eigenvalue weighted by atomic mass is 32.2. The van der Waals surface area contributed by atoms with E-state index in [1.165, 1.54) is 17.3 Å². The number of nitrogens with one attached hydrogen (secondary N) is 2. The molecular weight excluding hydrogens is 418 g/mol. The first kappa shape index (κ1) is 20.3. The van der Waals surface area contributed by atoms with Gasteiger partial charge in [0.25, 0.3) is 0 Å². The number of carbonyl (C=O) groups excluding carboxylic acids is 1. The monoisotopic (exact) mass is 441 g/mol. The van der Waals surface area contributed by atoms with E-state index in [2.05, 4.69) is 40.0 Å². The van der Waals surface area contributed by atoms with Crippen LogP contribution in [0.5, 0.6) is 0 Å². The number of aromatic nitrogens is 3. The molecule has 160 valence electrons. The first-order valence-electron chi connectivity index (χ1n) is 10.5. The van der Waals surface area contributed by atoms with Crippen LogP contribution in [0.3, 0.4) is 0 Å². The van der Waals surface area contributed by atoms with E-state index in [0.717, 1.165) is 22.5 Å². The van der Waals surface area contributed by atoms with Gasteiger partial charge in [-0.15, -0.1) is 10.2 Å². The standard InChI is InChI=1S/C25H23N5OS/c1-17-12-14-18(15-13-17)16-26-24(31)22-21(19-8-4-2-5-9-19)29-30-23(27-28-25(30)32-22)20-10-6-3-7-11-20/h2-15,21-22,29H,16H2,1H3,(H,26,31)/t21-,22-/m0/s1. The van der Waals surface area contributed by atoms with Crippen molar-refractivity contribution in [3.8, 4) is 11.4 Å². The zero-order valence-electron chi connectivity index (χ0n) is 17.6. The Bertz CT molecular complexity index is 1210. The van der Waals surface area contributed by atoms with Crippen LogP contribution in [0, 0.1) is 6.92 Å². The van der Waals surface area contributed by atoms with Crippen LogP contribution in [0.2, 0.25) is 0 Å². The summed E-state index contributed by atoms with van der Waals surface area (Å²) in [5.41, 5.74) is 7.78. The lowest BCUT2D eigenvalue weighted by Crippen LogP contribution is -2.43. The van der Waals surface area contributed by atoms with Gasteiger partial charge in [-0.1, -0.05) is 102 Å². The van der Waals surface area contributed by atoms with E-state index < -0.39 is 0 Å². The van der Waals surface area contributed by atoms with E-state index in [9.17, 15) is 4.79 Å². The molecule has 0 spiro atoms. The van der Waals surface area contributed by atoms with E-state index in [1.54, 1.807) is 0 Å². The predicted molar refractivity (Wildman–Crippen MR) is 127 cm³/mol. The zero-order chi connectivity index (χ0) is 21.9. The molecule has 1 aromatic heterocycles. The molecule has 2 heterocycles. The Morgan fingerprint density at radius 1 is 0.969 bits per heavy atom.